The van der Waals surface area contributed by atoms with Crippen LogP contribution in [-0.4, -0.2) is 19.5 Å². The molecule has 0 aliphatic heterocycles. The maximum absolute atomic E-state index is 6.88. The monoisotopic (exact) mass is 716 g/mol. The summed E-state index contributed by atoms with van der Waals surface area (Å²) in [6.45, 7) is 0. The summed E-state index contributed by atoms with van der Waals surface area (Å²) >= 11 is 0. The summed E-state index contributed by atoms with van der Waals surface area (Å²) in [4.78, 5) is 15.4. The van der Waals surface area contributed by atoms with E-state index in [1.807, 2.05) is 48.5 Å². The van der Waals surface area contributed by atoms with Crippen molar-refractivity contribution in [2.75, 3.05) is 0 Å². The Balaban J connectivity index is 1.13. The standard InChI is InChI=1S/C51H32N4O/c1-4-15-33(16-5-1)36-21-12-22-38(31-36)50-52-49(35-19-8-3-9-20-35)53-51(54-50)42-25-14-28-46-47(42)41-24-13-27-44(48(41)56-46)55-43-26-11-10-23-39(43)40-30-29-37(32-45(40)55)34-17-6-2-7-18-34/h1-32H. The normalized spacial score (nSPS) is 11.6. The van der Waals surface area contributed by atoms with Crippen molar-refractivity contribution in [3.05, 3.63) is 194 Å². The van der Waals surface area contributed by atoms with E-state index in [4.69, 9.17) is 19.4 Å². The Labute approximate surface area is 322 Å². The van der Waals surface area contributed by atoms with Crippen LogP contribution < -0.4 is 0 Å². The molecule has 11 rings (SSSR count). The fourth-order valence-corrected chi connectivity index (χ4v) is 8.05. The van der Waals surface area contributed by atoms with Crippen molar-refractivity contribution in [3.8, 4) is 62.1 Å². The molecule has 56 heavy (non-hydrogen) atoms. The fourth-order valence-electron chi connectivity index (χ4n) is 8.05. The first kappa shape index (κ1) is 31.9. The molecular formula is C51H32N4O. The molecule has 3 heterocycles. The van der Waals surface area contributed by atoms with E-state index in [0.29, 0.717) is 17.5 Å². The number of para-hydroxylation sites is 2. The van der Waals surface area contributed by atoms with Crippen molar-refractivity contribution in [2.24, 2.45) is 0 Å². The van der Waals surface area contributed by atoms with Crippen LogP contribution in [-0.2, 0) is 0 Å². The molecule has 262 valence electrons. The minimum absolute atomic E-state index is 0.585. The second-order valence-corrected chi connectivity index (χ2v) is 14.0. The van der Waals surface area contributed by atoms with Crippen molar-refractivity contribution in [3.63, 3.8) is 0 Å². The van der Waals surface area contributed by atoms with Gasteiger partial charge in [0.25, 0.3) is 0 Å². The molecule has 3 aromatic heterocycles. The topological polar surface area (TPSA) is 56.7 Å². The van der Waals surface area contributed by atoms with E-state index >= 15 is 0 Å². The van der Waals surface area contributed by atoms with E-state index in [2.05, 4.69) is 150 Å². The Hall–Kier alpha value is -7.63. The predicted molar refractivity (Wildman–Crippen MR) is 229 cm³/mol. The average molecular weight is 717 g/mol. The largest absolute Gasteiger partial charge is 0.454 e. The molecule has 0 atom stereocenters. The molecule has 0 unspecified atom stereocenters. The lowest BCUT2D eigenvalue weighted by Gasteiger charge is -2.11. The zero-order chi connectivity index (χ0) is 37.0. The van der Waals surface area contributed by atoms with Gasteiger partial charge in [-0.25, -0.2) is 15.0 Å². The fraction of sp³-hybridized carbons (Fsp3) is 0. The molecule has 0 saturated carbocycles. The van der Waals surface area contributed by atoms with Gasteiger partial charge in [-0.05, 0) is 52.6 Å². The van der Waals surface area contributed by atoms with Crippen molar-refractivity contribution in [1.29, 1.82) is 0 Å². The van der Waals surface area contributed by atoms with Gasteiger partial charge < -0.3 is 8.98 Å². The molecule has 0 N–H and O–H groups in total. The molecule has 0 spiro atoms. The number of rotatable bonds is 6. The predicted octanol–water partition coefficient (Wildman–Crippen LogP) is 13.2. The maximum atomic E-state index is 6.88. The summed E-state index contributed by atoms with van der Waals surface area (Å²) in [6.07, 6.45) is 0. The van der Waals surface area contributed by atoms with Crippen LogP contribution in [0.15, 0.2) is 199 Å². The van der Waals surface area contributed by atoms with E-state index in [-0.39, 0.29) is 0 Å². The third kappa shape index (κ3) is 5.29. The van der Waals surface area contributed by atoms with Crippen molar-refractivity contribution in [2.45, 2.75) is 0 Å². The van der Waals surface area contributed by atoms with Crippen LogP contribution in [0.5, 0.6) is 0 Å². The van der Waals surface area contributed by atoms with Crippen LogP contribution in [0.4, 0.5) is 0 Å². The SMILES string of the molecule is c1ccc(-c2cccc(-c3nc(-c4ccccc4)nc(-c4cccc5oc6c(-n7c8ccccc8c8ccc(-c9ccccc9)cc87)cccc6c45)n3)c2)cc1. The second-order valence-electron chi connectivity index (χ2n) is 14.0. The van der Waals surface area contributed by atoms with Gasteiger partial charge in [-0.15, -0.1) is 0 Å². The van der Waals surface area contributed by atoms with Crippen LogP contribution in [0.3, 0.4) is 0 Å². The van der Waals surface area contributed by atoms with Crippen LogP contribution in [0.2, 0.25) is 0 Å². The molecule has 0 saturated heterocycles. The van der Waals surface area contributed by atoms with E-state index in [9.17, 15) is 0 Å². The number of benzene rings is 8. The van der Waals surface area contributed by atoms with E-state index in [1.54, 1.807) is 0 Å². The number of furan rings is 1. The Morgan fingerprint density at radius 1 is 0.357 bits per heavy atom. The second kappa shape index (κ2) is 13.0. The molecule has 0 aliphatic carbocycles. The van der Waals surface area contributed by atoms with Crippen LogP contribution in [0.25, 0.3) is 106 Å². The van der Waals surface area contributed by atoms with Crippen LogP contribution in [0.1, 0.15) is 0 Å². The number of hydrogen-bond donors (Lipinski definition) is 0. The van der Waals surface area contributed by atoms with Gasteiger partial charge >= 0.3 is 0 Å². The summed E-state index contributed by atoms with van der Waals surface area (Å²) in [6, 6.07) is 67.3. The average Bonchev–Trinajstić information content (AvgIpc) is 3.83. The minimum Gasteiger partial charge on any atom is -0.454 e. The van der Waals surface area contributed by atoms with Crippen LogP contribution in [0, 0.1) is 0 Å². The highest BCUT2D eigenvalue weighted by atomic mass is 16.3. The number of fused-ring (bicyclic) bond motifs is 6. The molecule has 0 aliphatic rings. The first-order chi connectivity index (χ1) is 27.8. The lowest BCUT2D eigenvalue weighted by molar-refractivity contribution is 0.666. The van der Waals surface area contributed by atoms with Crippen LogP contribution >= 0.6 is 0 Å². The zero-order valence-electron chi connectivity index (χ0n) is 30.2. The van der Waals surface area contributed by atoms with Gasteiger partial charge in [-0.1, -0.05) is 164 Å². The summed E-state index contributed by atoms with van der Waals surface area (Å²) in [7, 11) is 0. The highest BCUT2D eigenvalue weighted by molar-refractivity contribution is 6.16. The molecule has 11 aromatic rings. The quantitative estimate of drug-likeness (QED) is 0.172. The Morgan fingerprint density at radius 3 is 1.68 bits per heavy atom. The molecule has 5 nitrogen and oxygen atoms in total. The third-order valence-electron chi connectivity index (χ3n) is 10.7. The third-order valence-corrected chi connectivity index (χ3v) is 10.7. The van der Waals surface area contributed by atoms with Gasteiger partial charge in [-0.2, -0.15) is 0 Å². The Kier molecular flexibility index (Phi) is 7.42. The summed E-state index contributed by atoms with van der Waals surface area (Å²) in [5.74, 6) is 1.80. The molecule has 0 amide bonds. The van der Waals surface area contributed by atoms with E-state index in [0.717, 1.165) is 72.0 Å². The lowest BCUT2D eigenvalue weighted by atomic mass is 10.0. The van der Waals surface area contributed by atoms with Gasteiger partial charge in [0.15, 0.2) is 23.1 Å². The van der Waals surface area contributed by atoms with Gasteiger partial charge in [-0.3, -0.25) is 0 Å². The smallest absolute Gasteiger partial charge is 0.164 e. The van der Waals surface area contributed by atoms with E-state index < -0.39 is 0 Å². The highest BCUT2D eigenvalue weighted by Crippen LogP contribution is 2.42. The molecule has 0 bridgehead atoms. The van der Waals surface area contributed by atoms with Crippen molar-refractivity contribution >= 4 is 43.7 Å². The summed E-state index contributed by atoms with van der Waals surface area (Å²) < 4.78 is 9.23. The van der Waals surface area contributed by atoms with Gasteiger partial charge in [0.1, 0.15) is 5.58 Å². The number of nitrogens with zero attached hydrogens (tertiary/aromatic N) is 4. The Morgan fingerprint density at radius 2 is 0.911 bits per heavy atom. The van der Waals surface area contributed by atoms with Gasteiger partial charge in [0.2, 0.25) is 0 Å². The van der Waals surface area contributed by atoms with Crippen molar-refractivity contribution in [1.82, 2.24) is 19.5 Å². The lowest BCUT2D eigenvalue weighted by Crippen LogP contribution is -2.00. The number of aromatic nitrogens is 4. The maximum Gasteiger partial charge on any atom is 0.164 e. The van der Waals surface area contributed by atoms with E-state index in [1.165, 1.54) is 16.3 Å². The van der Waals surface area contributed by atoms with Crippen molar-refractivity contribution < 1.29 is 4.42 Å². The molecule has 0 radical (unpaired) electrons. The molecular weight excluding hydrogens is 685 g/mol. The van der Waals surface area contributed by atoms with Gasteiger partial charge in [0, 0.05) is 38.2 Å². The first-order valence-electron chi connectivity index (χ1n) is 18.8. The first-order valence-corrected chi connectivity index (χ1v) is 18.8. The zero-order valence-corrected chi connectivity index (χ0v) is 30.2. The minimum atomic E-state index is 0.585. The highest BCUT2D eigenvalue weighted by Gasteiger charge is 2.22. The van der Waals surface area contributed by atoms with Gasteiger partial charge in [0.05, 0.1) is 16.7 Å². The molecule has 0 fully saturated rings. The molecule has 8 aromatic carbocycles. The number of hydrogen-bond acceptors (Lipinski definition) is 4. The molecule has 5 heteroatoms. The summed E-state index contributed by atoms with van der Waals surface area (Å²) in [5.41, 5.74) is 12.1. The Bertz CT molecular complexity index is 3240. The summed E-state index contributed by atoms with van der Waals surface area (Å²) in [5, 5.41) is 4.34.